The maximum atomic E-state index is 14.4. The lowest BCUT2D eigenvalue weighted by Gasteiger charge is -2.25. The highest BCUT2D eigenvalue weighted by atomic mass is 19.1. The van der Waals surface area contributed by atoms with Crippen molar-refractivity contribution in [3.8, 4) is 6.07 Å². The number of hydrogen-bond donors (Lipinski definition) is 1. The molecule has 0 aliphatic rings. The van der Waals surface area contributed by atoms with Gasteiger partial charge in [0.25, 0.3) is 0 Å². The lowest BCUT2D eigenvalue weighted by Crippen LogP contribution is -2.29. The predicted octanol–water partition coefficient (Wildman–Crippen LogP) is 2.32. The number of hydrogen-bond acceptors (Lipinski definition) is 5. The zero-order valence-electron chi connectivity index (χ0n) is 11.8. The van der Waals surface area contributed by atoms with Gasteiger partial charge in [-0.15, -0.1) is 0 Å². The Kier molecular flexibility index (Phi) is 4.90. The van der Waals surface area contributed by atoms with E-state index in [0.717, 1.165) is 0 Å². The highest BCUT2D eigenvalue weighted by Gasteiger charge is 2.18. The molecule has 0 radical (unpaired) electrons. The number of nitrogens with zero attached hydrogens (tertiary/aromatic N) is 3. The van der Waals surface area contributed by atoms with Gasteiger partial charge in [-0.05, 0) is 18.2 Å². The monoisotopic (exact) mass is 288 g/mol. The summed E-state index contributed by atoms with van der Waals surface area (Å²) in [6.45, 7) is 1.32. The smallest absolute Gasteiger partial charge is 0.150 e. The Morgan fingerprint density at radius 2 is 2.29 bits per heavy atom. The number of nitrogens with two attached hydrogens (primary N) is 1. The van der Waals surface area contributed by atoms with Crippen LogP contribution in [0.2, 0.25) is 0 Å². The number of methoxy groups -OCH3 is 1. The van der Waals surface area contributed by atoms with Gasteiger partial charge in [0, 0.05) is 37.5 Å². The van der Waals surface area contributed by atoms with Crippen LogP contribution >= 0.6 is 0 Å². The quantitative estimate of drug-likeness (QED) is 0.826. The standard InChI is InChI=1S/C15H17FN4O/c1-21-9-8-20(7-3-5-17)15-12(16)10-13(18)11-4-2-6-19-14(11)15/h2,4,6,10H,3,7-9,18H2,1H3. The Morgan fingerprint density at radius 1 is 1.48 bits per heavy atom. The third-order valence-electron chi connectivity index (χ3n) is 3.23. The minimum Gasteiger partial charge on any atom is -0.398 e. The first-order valence-corrected chi connectivity index (χ1v) is 6.62. The number of aromatic nitrogens is 1. The van der Waals surface area contributed by atoms with Crippen LogP contribution in [0.25, 0.3) is 10.9 Å². The number of anilines is 2. The van der Waals surface area contributed by atoms with E-state index in [2.05, 4.69) is 11.1 Å². The Hall–Kier alpha value is -2.39. The molecule has 0 bridgehead atoms. The number of benzene rings is 1. The van der Waals surface area contributed by atoms with Crippen LogP contribution in [0.5, 0.6) is 0 Å². The summed E-state index contributed by atoms with van der Waals surface area (Å²) in [6, 6.07) is 6.93. The molecule has 0 atom stereocenters. The van der Waals surface area contributed by atoms with Crippen LogP contribution in [0, 0.1) is 17.1 Å². The summed E-state index contributed by atoms with van der Waals surface area (Å²) >= 11 is 0. The van der Waals surface area contributed by atoms with E-state index in [-0.39, 0.29) is 0 Å². The van der Waals surface area contributed by atoms with Gasteiger partial charge in [-0.2, -0.15) is 5.26 Å². The molecule has 1 aromatic carbocycles. The van der Waals surface area contributed by atoms with Crippen LogP contribution in [0.1, 0.15) is 6.42 Å². The number of nitriles is 1. The molecule has 6 heteroatoms. The molecule has 0 unspecified atom stereocenters. The van der Waals surface area contributed by atoms with E-state index in [1.54, 1.807) is 30.3 Å². The van der Waals surface area contributed by atoms with Gasteiger partial charge >= 0.3 is 0 Å². The van der Waals surface area contributed by atoms with E-state index in [0.29, 0.717) is 48.4 Å². The van der Waals surface area contributed by atoms with E-state index >= 15 is 0 Å². The van der Waals surface area contributed by atoms with E-state index in [4.69, 9.17) is 15.7 Å². The number of fused-ring (bicyclic) bond motifs is 1. The Morgan fingerprint density at radius 3 is 3.00 bits per heavy atom. The summed E-state index contributed by atoms with van der Waals surface area (Å²) in [4.78, 5) is 6.03. The van der Waals surface area contributed by atoms with Gasteiger partial charge in [0.05, 0.1) is 30.3 Å². The van der Waals surface area contributed by atoms with Crippen LogP contribution < -0.4 is 10.6 Å². The molecule has 0 aliphatic heterocycles. The van der Waals surface area contributed by atoms with Crippen LogP contribution in [0.15, 0.2) is 24.4 Å². The van der Waals surface area contributed by atoms with Gasteiger partial charge in [0.15, 0.2) is 5.82 Å². The molecule has 21 heavy (non-hydrogen) atoms. The number of rotatable bonds is 6. The molecular formula is C15H17FN4O. The average Bonchev–Trinajstić information content (AvgIpc) is 2.49. The van der Waals surface area contributed by atoms with Crippen molar-refractivity contribution >= 4 is 22.3 Å². The minimum absolute atomic E-state index is 0.294. The van der Waals surface area contributed by atoms with Crippen molar-refractivity contribution in [2.45, 2.75) is 6.42 Å². The first kappa shape index (κ1) is 15.0. The molecule has 2 N–H and O–H groups in total. The predicted molar refractivity (Wildman–Crippen MR) is 80.4 cm³/mol. The van der Waals surface area contributed by atoms with Crippen LogP contribution in [-0.2, 0) is 4.74 Å². The highest BCUT2D eigenvalue weighted by molar-refractivity contribution is 5.98. The molecule has 0 fully saturated rings. The lowest BCUT2D eigenvalue weighted by atomic mass is 10.1. The summed E-state index contributed by atoms with van der Waals surface area (Å²) < 4.78 is 19.5. The summed E-state index contributed by atoms with van der Waals surface area (Å²) in [5.74, 6) is -0.437. The summed E-state index contributed by atoms with van der Waals surface area (Å²) in [5.41, 5.74) is 7.08. The fourth-order valence-corrected chi connectivity index (χ4v) is 2.25. The highest BCUT2D eigenvalue weighted by Crippen LogP contribution is 2.32. The molecule has 0 spiro atoms. The van der Waals surface area contributed by atoms with Crippen molar-refractivity contribution in [3.63, 3.8) is 0 Å². The summed E-state index contributed by atoms with van der Waals surface area (Å²) in [7, 11) is 1.58. The maximum Gasteiger partial charge on any atom is 0.150 e. The minimum atomic E-state index is -0.437. The molecule has 1 heterocycles. The van der Waals surface area contributed by atoms with Gasteiger partial charge in [-0.25, -0.2) is 4.39 Å². The van der Waals surface area contributed by atoms with Gasteiger partial charge in [0.1, 0.15) is 0 Å². The number of nitrogen functional groups attached to an aromatic ring is 1. The Bertz CT molecular complexity index is 669. The first-order valence-electron chi connectivity index (χ1n) is 6.62. The number of halogens is 1. The summed E-state index contributed by atoms with van der Waals surface area (Å²) in [6.07, 6.45) is 1.89. The molecule has 2 rings (SSSR count). The van der Waals surface area contributed by atoms with Gasteiger partial charge < -0.3 is 15.4 Å². The van der Waals surface area contributed by atoms with Gasteiger partial charge in [-0.3, -0.25) is 4.98 Å². The topological polar surface area (TPSA) is 75.2 Å². The average molecular weight is 288 g/mol. The van der Waals surface area contributed by atoms with E-state index in [1.165, 1.54) is 6.07 Å². The van der Waals surface area contributed by atoms with Crippen LogP contribution in [0.4, 0.5) is 15.8 Å². The van der Waals surface area contributed by atoms with Crippen molar-refractivity contribution in [1.29, 1.82) is 5.26 Å². The Labute approximate surface area is 122 Å². The van der Waals surface area contributed by atoms with Crippen molar-refractivity contribution < 1.29 is 9.13 Å². The molecular weight excluding hydrogens is 271 g/mol. The van der Waals surface area contributed by atoms with E-state index < -0.39 is 5.82 Å². The van der Waals surface area contributed by atoms with E-state index in [9.17, 15) is 4.39 Å². The third-order valence-corrected chi connectivity index (χ3v) is 3.23. The molecule has 110 valence electrons. The second-order valence-electron chi connectivity index (χ2n) is 4.58. The van der Waals surface area contributed by atoms with Gasteiger partial charge in [-0.1, -0.05) is 0 Å². The number of pyridine rings is 1. The largest absolute Gasteiger partial charge is 0.398 e. The fourth-order valence-electron chi connectivity index (χ4n) is 2.25. The fraction of sp³-hybridized carbons (Fsp3) is 0.333. The molecule has 0 amide bonds. The normalized spacial score (nSPS) is 10.5. The lowest BCUT2D eigenvalue weighted by molar-refractivity contribution is 0.205. The molecule has 1 aromatic heterocycles. The number of ether oxygens (including phenoxy) is 1. The van der Waals surface area contributed by atoms with Crippen LogP contribution in [-0.4, -0.2) is 31.8 Å². The zero-order chi connectivity index (χ0) is 15.2. The molecule has 2 aromatic rings. The first-order chi connectivity index (χ1) is 10.2. The zero-order valence-corrected chi connectivity index (χ0v) is 11.8. The van der Waals surface area contributed by atoms with Crippen molar-refractivity contribution in [3.05, 3.63) is 30.2 Å². The molecule has 0 aliphatic carbocycles. The maximum absolute atomic E-state index is 14.4. The van der Waals surface area contributed by atoms with Crippen LogP contribution in [0.3, 0.4) is 0 Å². The van der Waals surface area contributed by atoms with Crippen molar-refractivity contribution in [2.24, 2.45) is 0 Å². The SMILES string of the molecule is COCCN(CCC#N)c1c(F)cc(N)c2cccnc12. The Balaban J connectivity index is 2.53. The summed E-state index contributed by atoms with van der Waals surface area (Å²) in [5, 5.41) is 9.48. The van der Waals surface area contributed by atoms with Gasteiger partial charge in [0.2, 0.25) is 0 Å². The van der Waals surface area contributed by atoms with Crippen molar-refractivity contribution in [2.75, 3.05) is 37.4 Å². The third kappa shape index (κ3) is 3.20. The second-order valence-corrected chi connectivity index (χ2v) is 4.58. The molecule has 0 saturated heterocycles. The molecule has 5 nitrogen and oxygen atoms in total. The molecule has 0 saturated carbocycles. The van der Waals surface area contributed by atoms with E-state index in [1.807, 2.05) is 0 Å². The van der Waals surface area contributed by atoms with Crippen molar-refractivity contribution in [1.82, 2.24) is 4.98 Å². The second kappa shape index (κ2) is 6.86.